The van der Waals surface area contributed by atoms with Gasteiger partial charge in [0.1, 0.15) is 12.4 Å². The molecule has 1 aliphatic heterocycles. The van der Waals surface area contributed by atoms with Gasteiger partial charge in [0.25, 0.3) is 0 Å². The van der Waals surface area contributed by atoms with E-state index in [0.29, 0.717) is 0 Å². The second-order valence-electron chi connectivity index (χ2n) is 3.96. The van der Waals surface area contributed by atoms with Gasteiger partial charge in [0, 0.05) is 0 Å². The lowest BCUT2D eigenvalue weighted by atomic mass is 10.0. The summed E-state index contributed by atoms with van der Waals surface area (Å²) in [4.78, 5) is 23.7. The number of benzene rings is 1. The van der Waals surface area contributed by atoms with Crippen molar-refractivity contribution >= 4 is 17.7 Å². The Labute approximate surface area is 97.0 Å². The Hall–Kier alpha value is -2.24. The van der Waals surface area contributed by atoms with Gasteiger partial charge in [0.2, 0.25) is 0 Å². The van der Waals surface area contributed by atoms with E-state index in [-0.39, 0.29) is 18.0 Å². The molecule has 1 aromatic rings. The number of carboxylic acids is 1. The molecule has 0 aliphatic carbocycles. The van der Waals surface area contributed by atoms with E-state index >= 15 is 0 Å². The number of rotatable bonds is 2. The highest BCUT2D eigenvalue weighted by Crippen LogP contribution is 2.36. The largest absolute Gasteiger partial charge is 0.506 e. The van der Waals surface area contributed by atoms with Gasteiger partial charge < -0.3 is 14.9 Å². The molecule has 2 rings (SSSR count). The third-order valence-corrected chi connectivity index (χ3v) is 2.74. The zero-order valence-corrected chi connectivity index (χ0v) is 9.08. The molecule has 1 heterocycles. The molecule has 0 aromatic heterocycles. The van der Waals surface area contributed by atoms with Crippen LogP contribution in [0.4, 0.5) is 10.5 Å². The molecule has 6 heteroatoms. The minimum absolute atomic E-state index is 0.125. The number of amides is 1. The lowest BCUT2D eigenvalue weighted by Crippen LogP contribution is -2.51. The number of carbonyl (C=O) groups excluding carboxylic acids is 1. The number of carbonyl (C=O) groups is 2. The van der Waals surface area contributed by atoms with E-state index in [2.05, 4.69) is 0 Å². The number of ether oxygens (including phenoxy) is 1. The van der Waals surface area contributed by atoms with E-state index in [1.165, 1.54) is 19.1 Å². The summed E-state index contributed by atoms with van der Waals surface area (Å²) < 4.78 is 4.75. The molecule has 2 N–H and O–H groups in total. The van der Waals surface area contributed by atoms with E-state index < -0.39 is 17.6 Å². The van der Waals surface area contributed by atoms with Crippen molar-refractivity contribution in [2.24, 2.45) is 0 Å². The molecule has 1 amide bonds. The molecule has 1 fully saturated rings. The first-order chi connectivity index (χ1) is 7.97. The van der Waals surface area contributed by atoms with Crippen LogP contribution in [-0.2, 0) is 9.53 Å². The van der Waals surface area contributed by atoms with Crippen LogP contribution in [0.5, 0.6) is 5.75 Å². The van der Waals surface area contributed by atoms with Gasteiger partial charge in [-0.3, -0.25) is 4.90 Å². The Morgan fingerprint density at radius 1 is 1.47 bits per heavy atom. The molecule has 0 radical (unpaired) electrons. The standard InChI is InChI=1S/C11H11NO5/c1-11(9(14)15)6-17-10(16)12(11)7-4-2-3-5-8(7)13/h2-5,13H,6H2,1H3,(H,14,15). The fourth-order valence-electron chi connectivity index (χ4n) is 1.71. The van der Waals surface area contributed by atoms with E-state index in [4.69, 9.17) is 9.84 Å². The highest BCUT2D eigenvalue weighted by atomic mass is 16.6. The summed E-state index contributed by atoms with van der Waals surface area (Å²) in [5.74, 6) is -1.36. The first kappa shape index (κ1) is 11.3. The molecule has 1 saturated heterocycles. The summed E-state index contributed by atoms with van der Waals surface area (Å²) in [7, 11) is 0. The van der Waals surface area contributed by atoms with Gasteiger partial charge in [-0.1, -0.05) is 12.1 Å². The number of carboxylic acid groups (broad SMARTS) is 1. The second kappa shape index (κ2) is 3.65. The van der Waals surface area contributed by atoms with Gasteiger partial charge >= 0.3 is 12.1 Å². The van der Waals surface area contributed by atoms with Crippen LogP contribution in [0.2, 0.25) is 0 Å². The van der Waals surface area contributed by atoms with Crippen LogP contribution in [0.15, 0.2) is 24.3 Å². The molecule has 1 atom stereocenters. The number of para-hydroxylation sites is 2. The summed E-state index contributed by atoms with van der Waals surface area (Å²) >= 11 is 0. The molecule has 1 aliphatic rings. The van der Waals surface area contributed by atoms with Gasteiger partial charge in [-0.2, -0.15) is 0 Å². The van der Waals surface area contributed by atoms with Gasteiger partial charge in [-0.25, -0.2) is 9.59 Å². The summed E-state index contributed by atoms with van der Waals surface area (Å²) in [6.07, 6.45) is -0.781. The third-order valence-electron chi connectivity index (χ3n) is 2.74. The van der Waals surface area contributed by atoms with E-state index in [1.54, 1.807) is 12.1 Å². The third kappa shape index (κ3) is 1.57. The first-order valence-corrected chi connectivity index (χ1v) is 4.95. The van der Waals surface area contributed by atoms with Crippen molar-refractivity contribution in [1.82, 2.24) is 0 Å². The topological polar surface area (TPSA) is 87.1 Å². The molecular weight excluding hydrogens is 226 g/mol. The monoisotopic (exact) mass is 237 g/mol. The van der Waals surface area contributed by atoms with E-state index in [1.807, 2.05) is 0 Å². The molecular formula is C11H11NO5. The fraction of sp³-hybridized carbons (Fsp3) is 0.273. The summed E-state index contributed by atoms with van der Waals surface area (Å²) in [6.45, 7) is 1.11. The molecule has 17 heavy (non-hydrogen) atoms. The number of aromatic hydroxyl groups is 1. The number of phenolic OH excluding ortho intramolecular Hbond substituents is 1. The Morgan fingerprint density at radius 2 is 2.12 bits per heavy atom. The molecule has 6 nitrogen and oxygen atoms in total. The number of cyclic esters (lactones) is 1. The minimum atomic E-state index is -1.50. The number of hydrogen-bond donors (Lipinski definition) is 2. The molecule has 0 bridgehead atoms. The number of phenols is 1. The number of nitrogens with zero attached hydrogens (tertiary/aromatic N) is 1. The van der Waals surface area contributed by atoms with Crippen LogP contribution in [0.1, 0.15) is 6.92 Å². The summed E-state index contributed by atoms with van der Waals surface area (Å²) in [5, 5.41) is 18.8. The Balaban J connectivity index is 2.52. The Morgan fingerprint density at radius 3 is 2.71 bits per heavy atom. The van der Waals surface area contributed by atoms with Crippen molar-refractivity contribution in [2.45, 2.75) is 12.5 Å². The van der Waals surface area contributed by atoms with Gasteiger partial charge in [0.15, 0.2) is 5.54 Å². The van der Waals surface area contributed by atoms with E-state index in [0.717, 1.165) is 4.90 Å². The SMILES string of the molecule is CC1(C(=O)O)COC(=O)N1c1ccccc1O. The van der Waals surface area contributed by atoms with Crippen molar-refractivity contribution in [2.75, 3.05) is 11.5 Å². The predicted molar refractivity (Wildman–Crippen MR) is 58.0 cm³/mol. The van der Waals surface area contributed by atoms with Crippen LogP contribution in [0, 0.1) is 0 Å². The maximum absolute atomic E-state index is 11.6. The minimum Gasteiger partial charge on any atom is -0.506 e. The molecule has 0 spiro atoms. The Kier molecular flexibility index (Phi) is 2.42. The van der Waals surface area contributed by atoms with Crippen molar-refractivity contribution in [3.8, 4) is 5.75 Å². The maximum Gasteiger partial charge on any atom is 0.415 e. The quantitative estimate of drug-likeness (QED) is 0.806. The van der Waals surface area contributed by atoms with Crippen LogP contribution < -0.4 is 4.90 Å². The zero-order chi connectivity index (χ0) is 12.6. The van der Waals surface area contributed by atoms with Gasteiger partial charge in [-0.05, 0) is 19.1 Å². The molecule has 90 valence electrons. The molecule has 1 aromatic carbocycles. The maximum atomic E-state index is 11.6. The fourth-order valence-corrected chi connectivity index (χ4v) is 1.71. The lowest BCUT2D eigenvalue weighted by Gasteiger charge is -2.27. The predicted octanol–water partition coefficient (Wildman–Crippen LogP) is 1.19. The van der Waals surface area contributed by atoms with Crippen LogP contribution >= 0.6 is 0 Å². The highest BCUT2D eigenvalue weighted by Gasteiger charge is 2.51. The Bertz CT molecular complexity index is 487. The van der Waals surface area contributed by atoms with Crippen LogP contribution in [0.25, 0.3) is 0 Å². The average Bonchev–Trinajstić information content (AvgIpc) is 2.58. The van der Waals surface area contributed by atoms with Crippen molar-refractivity contribution in [1.29, 1.82) is 0 Å². The zero-order valence-electron chi connectivity index (χ0n) is 9.08. The average molecular weight is 237 g/mol. The summed E-state index contributed by atoms with van der Waals surface area (Å²) in [6, 6.07) is 6.02. The molecule has 1 unspecified atom stereocenters. The smallest absolute Gasteiger partial charge is 0.415 e. The van der Waals surface area contributed by atoms with Crippen molar-refractivity contribution in [3.63, 3.8) is 0 Å². The number of hydrogen-bond acceptors (Lipinski definition) is 4. The highest BCUT2D eigenvalue weighted by molar-refractivity contribution is 6.01. The summed E-state index contributed by atoms with van der Waals surface area (Å²) in [5.41, 5.74) is -1.38. The first-order valence-electron chi connectivity index (χ1n) is 4.95. The van der Waals surface area contributed by atoms with Crippen molar-refractivity contribution in [3.05, 3.63) is 24.3 Å². The number of aliphatic carboxylic acids is 1. The number of anilines is 1. The lowest BCUT2D eigenvalue weighted by molar-refractivity contribution is -0.142. The van der Waals surface area contributed by atoms with Gasteiger partial charge in [-0.15, -0.1) is 0 Å². The van der Waals surface area contributed by atoms with Crippen molar-refractivity contribution < 1.29 is 24.5 Å². The molecule has 0 saturated carbocycles. The van der Waals surface area contributed by atoms with Crippen LogP contribution in [0.3, 0.4) is 0 Å². The van der Waals surface area contributed by atoms with Gasteiger partial charge in [0.05, 0.1) is 5.69 Å². The van der Waals surface area contributed by atoms with Crippen LogP contribution in [-0.4, -0.2) is 34.4 Å². The second-order valence-corrected chi connectivity index (χ2v) is 3.96. The van der Waals surface area contributed by atoms with E-state index in [9.17, 15) is 14.7 Å². The normalized spacial score (nSPS) is 23.6.